The summed E-state index contributed by atoms with van der Waals surface area (Å²) < 4.78 is 34.1. The Hall–Kier alpha value is -1.53. The number of ether oxygens (including phenoxy) is 6. The Bertz CT molecular complexity index is 1110. The second kappa shape index (κ2) is 35.8. The fourth-order valence-electron chi connectivity index (χ4n) is 7.49. The topological polar surface area (TPSA) is 214 Å². The summed E-state index contributed by atoms with van der Waals surface area (Å²) in [6.45, 7) is 3.62. The third kappa shape index (κ3) is 24.4. The number of carbonyl (C=O) groups excluding carboxylic acids is 1. The molecule has 2 fully saturated rings. The molecule has 0 bridgehead atoms. The Balaban J connectivity index is 1.75. The highest BCUT2D eigenvalue weighted by molar-refractivity contribution is 5.69. The van der Waals surface area contributed by atoms with Crippen molar-refractivity contribution in [1.82, 2.24) is 0 Å². The summed E-state index contributed by atoms with van der Waals surface area (Å²) in [5.41, 5.74) is 0. The van der Waals surface area contributed by atoms with Gasteiger partial charge < -0.3 is 64.2 Å². The standard InChI is InChI=1S/C47H86O14/c1-3-5-7-9-11-13-14-15-16-17-18-19-20-21-22-23-25-27-29-31-56-33-36(59-39(49)30-28-26-24-12-10-8-6-4-2)34-57-46-45(55)43(53)41(51)38(61-46)35-58-47-44(54)42(52)40(50)37(32-48)60-47/h13-14,16-17,36-38,40-48,50-55H,3-12,15,18-35H2,1-2H3/b14-13-,17-16-. The van der Waals surface area contributed by atoms with Crippen molar-refractivity contribution in [3.8, 4) is 0 Å². The van der Waals surface area contributed by atoms with Crippen LogP contribution in [0.15, 0.2) is 24.3 Å². The van der Waals surface area contributed by atoms with Crippen LogP contribution in [-0.4, -0.2) is 142 Å². The third-order valence-corrected chi connectivity index (χ3v) is 11.5. The Morgan fingerprint density at radius 3 is 1.59 bits per heavy atom. The number of aliphatic hydroxyl groups excluding tert-OH is 7. The van der Waals surface area contributed by atoms with E-state index in [1.54, 1.807) is 0 Å². The Morgan fingerprint density at radius 2 is 1.02 bits per heavy atom. The first-order chi connectivity index (χ1) is 29.6. The lowest BCUT2D eigenvalue weighted by Crippen LogP contribution is -2.61. The molecule has 0 aromatic heterocycles. The molecule has 14 heteroatoms. The minimum atomic E-state index is -1.70. The van der Waals surface area contributed by atoms with Crippen LogP contribution in [0.2, 0.25) is 0 Å². The van der Waals surface area contributed by atoms with E-state index in [4.69, 9.17) is 28.4 Å². The molecule has 2 heterocycles. The van der Waals surface area contributed by atoms with Crippen molar-refractivity contribution in [2.75, 3.05) is 33.0 Å². The SMILES string of the molecule is CCCCCC/C=C\C/C=C\CCCCCCCCCCOCC(COC1OC(COC2OC(CO)C(O)C(O)C2O)C(O)C(O)C1O)OC(=O)CCCCCCCCCC. The largest absolute Gasteiger partial charge is 0.457 e. The normalized spacial score (nSPS) is 27.6. The summed E-state index contributed by atoms with van der Waals surface area (Å²) in [5.74, 6) is -0.383. The molecule has 0 radical (unpaired) electrons. The van der Waals surface area contributed by atoms with Gasteiger partial charge in [0.05, 0.1) is 26.4 Å². The summed E-state index contributed by atoms with van der Waals surface area (Å²) >= 11 is 0. The maximum absolute atomic E-state index is 12.9. The Kier molecular flexibility index (Phi) is 32.6. The average molecular weight is 875 g/mol. The fraction of sp³-hybridized carbons (Fsp3) is 0.894. The van der Waals surface area contributed by atoms with Gasteiger partial charge in [0, 0.05) is 13.0 Å². The molecular formula is C47H86O14. The molecule has 14 nitrogen and oxygen atoms in total. The Morgan fingerprint density at radius 1 is 0.541 bits per heavy atom. The molecule has 2 rings (SSSR count). The number of carbonyl (C=O) groups is 1. The van der Waals surface area contributed by atoms with E-state index < -0.39 is 80.7 Å². The zero-order valence-corrected chi connectivity index (χ0v) is 37.7. The molecule has 358 valence electrons. The van der Waals surface area contributed by atoms with E-state index in [0.29, 0.717) is 13.0 Å². The first kappa shape index (κ1) is 55.6. The molecule has 11 unspecified atom stereocenters. The third-order valence-electron chi connectivity index (χ3n) is 11.5. The van der Waals surface area contributed by atoms with E-state index >= 15 is 0 Å². The predicted octanol–water partition coefficient (Wildman–Crippen LogP) is 6.07. The van der Waals surface area contributed by atoms with Gasteiger partial charge in [-0.2, -0.15) is 0 Å². The van der Waals surface area contributed by atoms with E-state index in [9.17, 15) is 40.5 Å². The zero-order valence-electron chi connectivity index (χ0n) is 37.7. The number of allylic oxidation sites excluding steroid dienone is 4. The number of esters is 1. The van der Waals surface area contributed by atoms with Gasteiger partial charge in [0.1, 0.15) is 54.9 Å². The van der Waals surface area contributed by atoms with E-state index in [1.165, 1.54) is 89.9 Å². The number of aliphatic hydroxyl groups is 7. The van der Waals surface area contributed by atoms with Crippen LogP contribution in [-0.2, 0) is 33.2 Å². The lowest BCUT2D eigenvalue weighted by molar-refractivity contribution is -0.332. The first-order valence-corrected chi connectivity index (χ1v) is 23.9. The molecule has 0 aromatic rings. The molecule has 2 saturated heterocycles. The minimum Gasteiger partial charge on any atom is -0.457 e. The number of hydrogen-bond acceptors (Lipinski definition) is 14. The maximum atomic E-state index is 12.9. The van der Waals surface area contributed by atoms with Crippen LogP contribution in [0.4, 0.5) is 0 Å². The summed E-state index contributed by atoms with van der Waals surface area (Å²) in [7, 11) is 0. The Labute approximate surface area is 367 Å². The highest BCUT2D eigenvalue weighted by Crippen LogP contribution is 2.26. The summed E-state index contributed by atoms with van der Waals surface area (Å²) in [5, 5.41) is 71.9. The molecule has 11 atom stereocenters. The van der Waals surface area contributed by atoms with Gasteiger partial charge in [-0.3, -0.25) is 4.79 Å². The second-order valence-electron chi connectivity index (χ2n) is 16.9. The molecule has 2 aliphatic rings. The van der Waals surface area contributed by atoms with Crippen molar-refractivity contribution in [2.24, 2.45) is 0 Å². The van der Waals surface area contributed by atoms with Crippen LogP contribution in [0.25, 0.3) is 0 Å². The smallest absolute Gasteiger partial charge is 0.306 e. The lowest BCUT2D eigenvalue weighted by Gasteiger charge is -2.42. The van der Waals surface area contributed by atoms with Crippen molar-refractivity contribution >= 4 is 5.97 Å². The number of hydrogen-bond donors (Lipinski definition) is 7. The van der Waals surface area contributed by atoms with Crippen molar-refractivity contribution in [3.63, 3.8) is 0 Å². The summed E-state index contributed by atoms with van der Waals surface area (Å²) in [6.07, 6.45) is 19.8. The van der Waals surface area contributed by atoms with Crippen LogP contribution in [0.1, 0.15) is 168 Å². The van der Waals surface area contributed by atoms with E-state index in [-0.39, 0.29) is 25.6 Å². The van der Waals surface area contributed by atoms with E-state index in [1.807, 2.05) is 0 Å². The first-order valence-electron chi connectivity index (χ1n) is 23.9. The van der Waals surface area contributed by atoms with Gasteiger partial charge in [-0.15, -0.1) is 0 Å². The monoisotopic (exact) mass is 875 g/mol. The van der Waals surface area contributed by atoms with Gasteiger partial charge in [-0.05, 0) is 44.9 Å². The van der Waals surface area contributed by atoms with Crippen molar-refractivity contribution in [3.05, 3.63) is 24.3 Å². The molecule has 0 aliphatic carbocycles. The predicted molar refractivity (Wildman–Crippen MR) is 233 cm³/mol. The van der Waals surface area contributed by atoms with Crippen LogP contribution < -0.4 is 0 Å². The average Bonchev–Trinajstić information content (AvgIpc) is 3.26. The van der Waals surface area contributed by atoms with Gasteiger partial charge in [0.25, 0.3) is 0 Å². The molecule has 7 N–H and O–H groups in total. The summed E-state index contributed by atoms with van der Waals surface area (Å²) in [6, 6.07) is 0. The van der Waals surface area contributed by atoms with Crippen LogP contribution >= 0.6 is 0 Å². The van der Waals surface area contributed by atoms with Gasteiger partial charge in [0.2, 0.25) is 0 Å². The molecule has 61 heavy (non-hydrogen) atoms. The fourth-order valence-corrected chi connectivity index (χ4v) is 7.49. The van der Waals surface area contributed by atoms with Crippen molar-refractivity contribution in [2.45, 2.75) is 235 Å². The van der Waals surface area contributed by atoms with E-state index in [2.05, 4.69) is 38.2 Å². The number of rotatable bonds is 37. The molecule has 0 spiro atoms. The highest BCUT2D eigenvalue weighted by Gasteiger charge is 2.47. The van der Waals surface area contributed by atoms with Gasteiger partial charge in [-0.25, -0.2) is 0 Å². The molecule has 0 amide bonds. The van der Waals surface area contributed by atoms with Crippen molar-refractivity contribution in [1.29, 1.82) is 0 Å². The van der Waals surface area contributed by atoms with Gasteiger partial charge >= 0.3 is 5.97 Å². The second-order valence-corrected chi connectivity index (χ2v) is 16.9. The lowest BCUT2D eigenvalue weighted by atomic mass is 9.98. The number of unbranched alkanes of at least 4 members (excludes halogenated alkanes) is 19. The van der Waals surface area contributed by atoms with Crippen LogP contribution in [0.5, 0.6) is 0 Å². The zero-order chi connectivity index (χ0) is 44.5. The molecule has 2 aliphatic heterocycles. The molecular weight excluding hydrogens is 789 g/mol. The van der Waals surface area contributed by atoms with Crippen LogP contribution in [0.3, 0.4) is 0 Å². The summed E-state index contributed by atoms with van der Waals surface area (Å²) in [4.78, 5) is 12.9. The molecule has 0 saturated carbocycles. The van der Waals surface area contributed by atoms with Gasteiger partial charge in [-0.1, -0.05) is 141 Å². The molecule has 0 aromatic carbocycles. The van der Waals surface area contributed by atoms with E-state index in [0.717, 1.165) is 51.4 Å². The highest BCUT2D eigenvalue weighted by atomic mass is 16.7. The van der Waals surface area contributed by atoms with Crippen LogP contribution in [0, 0.1) is 0 Å². The maximum Gasteiger partial charge on any atom is 0.306 e. The van der Waals surface area contributed by atoms with Gasteiger partial charge in [0.15, 0.2) is 12.6 Å². The van der Waals surface area contributed by atoms with Crippen molar-refractivity contribution < 1.29 is 69.0 Å². The minimum absolute atomic E-state index is 0.0601. The quantitative estimate of drug-likeness (QED) is 0.0215.